The lowest BCUT2D eigenvalue weighted by molar-refractivity contribution is 0.590. The smallest absolute Gasteiger partial charge is 0.102 e. The Hall–Kier alpha value is -2.14. The molecule has 110 valence electrons. The van der Waals surface area contributed by atoms with Gasteiger partial charge in [-0.15, -0.1) is 5.10 Å². The van der Waals surface area contributed by atoms with E-state index in [1.165, 1.54) is 16.5 Å². The molecule has 0 amide bonds. The van der Waals surface area contributed by atoms with E-state index >= 15 is 0 Å². The summed E-state index contributed by atoms with van der Waals surface area (Å²) in [6.07, 6.45) is 4.08. The van der Waals surface area contributed by atoms with Crippen molar-refractivity contribution >= 4 is 10.9 Å². The van der Waals surface area contributed by atoms with E-state index in [-0.39, 0.29) is 0 Å². The van der Waals surface area contributed by atoms with Crippen LogP contribution in [-0.2, 0) is 20.1 Å². The van der Waals surface area contributed by atoms with Crippen LogP contribution in [0.2, 0.25) is 0 Å². The zero-order chi connectivity index (χ0) is 14.8. The van der Waals surface area contributed by atoms with Gasteiger partial charge in [0.2, 0.25) is 0 Å². The lowest BCUT2D eigenvalue weighted by atomic mass is 10.1. The third-order valence-electron chi connectivity index (χ3n) is 3.59. The Morgan fingerprint density at radius 3 is 2.81 bits per heavy atom. The van der Waals surface area contributed by atoms with Crippen LogP contribution in [0, 0.1) is 0 Å². The molecule has 0 unspecified atom stereocenters. The first-order valence-electron chi connectivity index (χ1n) is 7.29. The highest BCUT2D eigenvalue weighted by Gasteiger charge is 2.07. The predicted octanol–water partition coefficient (Wildman–Crippen LogP) is 2.32. The normalized spacial score (nSPS) is 11.6. The number of hydrogen-bond donors (Lipinski definition) is 1. The lowest BCUT2D eigenvalue weighted by Gasteiger charge is -2.10. The topological polar surface area (TPSA) is 47.7 Å². The van der Waals surface area contributed by atoms with Crippen LogP contribution in [0.5, 0.6) is 0 Å². The van der Waals surface area contributed by atoms with E-state index in [0.29, 0.717) is 6.04 Å². The number of benzene rings is 1. The van der Waals surface area contributed by atoms with E-state index in [1.54, 1.807) is 4.68 Å². The molecule has 0 aliphatic carbocycles. The molecule has 5 heteroatoms. The van der Waals surface area contributed by atoms with E-state index in [4.69, 9.17) is 0 Å². The Balaban J connectivity index is 1.89. The van der Waals surface area contributed by atoms with Crippen molar-refractivity contribution in [3.8, 4) is 0 Å². The van der Waals surface area contributed by atoms with Gasteiger partial charge in [-0.1, -0.05) is 31.2 Å². The molecule has 0 aliphatic heterocycles. The molecule has 0 aliphatic rings. The zero-order valence-corrected chi connectivity index (χ0v) is 12.7. The van der Waals surface area contributed by atoms with Gasteiger partial charge in [-0.25, -0.2) is 0 Å². The Bertz CT molecular complexity index is 738. The summed E-state index contributed by atoms with van der Waals surface area (Å²) in [5.74, 6) is 0. The molecule has 0 atom stereocenters. The minimum atomic E-state index is 0.488. The number of nitrogens with one attached hydrogen (secondary N) is 1. The number of fused-ring (bicyclic) bond motifs is 1. The maximum atomic E-state index is 4.16. The van der Waals surface area contributed by atoms with Crippen LogP contribution in [-0.4, -0.2) is 25.6 Å². The van der Waals surface area contributed by atoms with Gasteiger partial charge < -0.3 is 9.88 Å². The van der Waals surface area contributed by atoms with Gasteiger partial charge >= 0.3 is 0 Å². The molecule has 3 rings (SSSR count). The highest BCUT2D eigenvalue weighted by atomic mass is 15.4. The number of hydrogen-bond acceptors (Lipinski definition) is 3. The molecule has 0 radical (unpaired) electrons. The summed E-state index contributed by atoms with van der Waals surface area (Å²) in [6, 6.07) is 9.13. The second-order valence-corrected chi connectivity index (χ2v) is 5.71. The second kappa shape index (κ2) is 5.69. The van der Waals surface area contributed by atoms with Crippen molar-refractivity contribution in [3.05, 3.63) is 47.9 Å². The van der Waals surface area contributed by atoms with Crippen molar-refractivity contribution in [2.45, 2.75) is 33.0 Å². The van der Waals surface area contributed by atoms with Crippen LogP contribution in [0.1, 0.15) is 25.1 Å². The van der Waals surface area contributed by atoms with Crippen molar-refractivity contribution < 1.29 is 0 Å². The molecular formula is C16H21N5. The van der Waals surface area contributed by atoms with Crippen LogP contribution < -0.4 is 5.32 Å². The van der Waals surface area contributed by atoms with Crippen LogP contribution in [0.3, 0.4) is 0 Å². The Labute approximate surface area is 124 Å². The van der Waals surface area contributed by atoms with Crippen molar-refractivity contribution in [1.29, 1.82) is 0 Å². The molecule has 0 bridgehead atoms. The Morgan fingerprint density at radius 1 is 1.24 bits per heavy atom. The number of aryl methyl sites for hydroxylation is 1. The van der Waals surface area contributed by atoms with Gasteiger partial charge in [-0.2, -0.15) is 0 Å². The number of rotatable bonds is 5. The van der Waals surface area contributed by atoms with Gasteiger partial charge in [0.1, 0.15) is 5.69 Å². The quantitative estimate of drug-likeness (QED) is 0.781. The van der Waals surface area contributed by atoms with Crippen molar-refractivity contribution in [2.75, 3.05) is 0 Å². The SMILES string of the molecule is CC(C)NCc1cccc2c1ccn2Cc1cn(C)nn1. The molecular weight excluding hydrogens is 262 g/mol. The number of aromatic nitrogens is 4. The van der Waals surface area contributed by atoms with Crippen molar-refractivity contribution in [2.24, 2.45) is 7.05 Å². The molecule has 0 saturated heterocycles. The number of nitrogens with zero attached hydrogens (tertiary/aromatic N) is 4. The molecule has 2 heterocycles. The summed E-state index contributed by atoms with van der Waals surface area (Å²) >= 11 is 0. The first-order valence-corrected chi connectivity index (χ1v) is 7.29. The highest BCUT2D eigenvalue weighted by Crippen LogP contribution is 2.21. The zero-order valence-electron chi connectivity index (χ0n) is 12.7. The first kappa shape index (κ1) is 13.8. The van der Waals surface area contributed by atoms with E-state index < -0.39 is 0 Å². The van der Waals surface area contributed by atoms with Gasteiger partial charge in [0, 0.05) is 42.9 Å². The molecule has 21 heavy (non-hydrogen) atoms. The molecule has 0 fully saturated rings. The predicted molar refractivity (Wildman–Crippen MR) is 84.0 cm³/mol. The van der Waals surface area contributed by atoms with Crippen LogP contribution in [0.15, 0.2) is 36.7 Å². The van der Waals surface area contributed by atoms with Gasteiger partial charge in [0.15, 0.2) is 0 Å². The minimum absolute atomic E-state index is 0.488. The summed E-state index contributed by atoms with van der Waals surface area (Å²) in [5, 5.41) is 12.9. The molecule has 2 aromatic heterocycles. The fourth-order valence-corrected chi connectivity index (χ4v) is 2.54. The molecule has 3 aromatic rings. The van der Waals surface area contributed by atoms with Gasteiger partial charge in [0.05, 0.1) is 6.54 Å². The third-order valence-corrected chi connectivity index (χ3v) is 3.59. The van der Waals surface area contributed by atoms with E-state index in [0.717, 1.165) is 18.8 Å². The van der Waals surface area contributed by atoms with Gasteiger partial charge in [-0.05, 0) is 17.7 Å². The van der Waals surface area contributed by atoms with Crippen molar-refractivity contribution in [1.82, 2.24) is 24.9 Å². The summed E-state index contributed by atoms with van der Waals surface area (Å²) in [4.78, 5) is 0. The summed E-state index contributed by atoms with van der Waals surface area (Å²) < 4.78 is 3.96. The van der Waals surface area contributed by atoms with Gasteiger partial charge in [-0.3, -0.25) is 4.68 Å². The molecule has 1 aromatic carbocycles. The third kappa shape index (κ3) is 2.97. The first-order chi connectivity index (χ1) is 10.1. The van der Waals surface area contributed by atoms with Crippen LogP contribution in [0.4, 0.5) is 0 Å². The minimum Gasteiger partial charge on any atom is -0.341 e. The largest absolute Gasteiger partial charge is 0.341 e. The fourth-order valence-electron chi connectivity index (χ4n) is 2.54. The maximum Gasteiger partial charge on any atom is 0.102 e. The van der Waals surface area contributed by atoms with E-state index in [9.17, 15) is 0 Å². The van der Waals surface area contributed by atoms with E-state index in [2.05, 4.69) is 64.5 Å². The summed E-state index contributed by atoms with van der Waals surface area (Å²) in [5.41, 5.74) is 3.54. The maximum absolute atomic E-state index is 4.16. The lowest BCUT2D eigenvalue weighted by Crippen LogP contribution is -2.21. The average molecular weight is 283 g/mol. The summed E-state index contributed by atoms with van der Waals surface area (Å²) in [6.45, 7) is 5.97. The van der Waals surface area contributed by atoms with Crippen molar-refractivity contribution in [3.63, 3.8) is 0 Å². The second-order valence-electron chi connectivity index (χ2n) is 5.71. The highest BCUT2D eigenvalue weighted by molar-refractivity contribution is 5.83. The molecule has 1 N–H and O–H groups in total. The summed E-state index contributed by atoms with van der Waals surface area (Å²) in [7, 11) is 1.89. The average Bonchev–Trinajstić information content (AvgIpc) is 3.04. The molecule has 5 nitrogen and oxygen atoms in total. The Morgan fingerprint density at radius 2 is 2.10 bits per heavy atom. The van der Waals surface area contributed by atoms with Crippen LogP contribution >= 0.6 is 0 Å². The van der Waals surface area contributed by atoms with E-state index in [1.807, 2.05) is 13.2 Å². The van der Waals surface area contributed by atoms with Crippen LogP contribution in [0.25, 0.3) is 10.9 Å². The Kier molecular flexibility index (Phi) is 3.75. The van der Waals surface area contributed by atoms with Gasteiger partial charge in [0.25, 0.3) is 0 Å². The molecule has 0 saturated carbocycles. The standard InChI is InChI=1S/C16H21N5/c1-12(2)17-9-13-5-4-6-16-15(13)7-8-21(16)11-14-10-20(3)19-18-14/h4-8,10,12,17H,9,11H2,1-3H3. The fraction of sp³-hybridized carbons (Fsp3) is 0.375. The monoisotopic (exact) mass is 283 g/mol. The molecule has 0 spiro atoms.